The van der Waals surface area contributed by atoms with Gasteiger partial charge in [0.2, 0.25) is 10.0 Å². The molecule has 1 heterocycles. The van der Waals surface area contributed by atoms with Gasteiger partial charge in [0.05, 0.1) is 5.25 Å². The first-order valence-corrected chi connectivity index (χ1v) is 9.03. The Hall–Kier alpha value is -0.170. The summed E-state index contributed by atoms with van der Waals surface area (Å²) in [6.45, 7) is 6.08. The highest BCUT2D eigenvalue weighted by Gasteiger charge is 2.40. The number of hydrogen-bond donors (Lipinski definition) is 1. The van der Waals surface area contributed by atoms with Gasteiger partial charge in [0.15, 0.2) is 0 Å². The van der Waals surface area contributed by atoms with Crippen molar-refractivity contribution in [3.63, 3.8) is 0 Å². The standard InChI is InChI=1S/C13H27N3O2S/c1-2-12(6-7-14)15-8-3-9-16(11-10-15)19(17,18)13-4-5-13/h12-13H,2-11,14H2,1H3. The molecule has 2 rings (SSSR count). The minimum absolute atomic E-state index is 0.0786. The second kappa shape index (κ2) is 6.52. The van der Waals surface area contributed by atoms with E-state index in [2.05, 4.69) is 11.8 Å². The molecule has 1 atom stereocenters. The molecule has 5 nitrogen and oxygen atoms in total. The van der Waals surface area contributed by atoms with Gasteiger partial charge in [-0.1, -0.05) is 6.92 Å². The first-order valence-electron chi connectivity index (χ1n) is 7.52. The maximum absolute atomic E-state index is 12.3. The molecule has 0 bridgehead atoms. The molecule has 2 fully saturated rings. The smallest absolute Gasteiger partial charge is 0.217 e. The summed E-state index contributed by atoms with van der Waals surface area (Å²) in [6, 6.07) is 0.508. The van der Waals surface area contributed by atoms with Crippen molar-refractivity contribution in [1.82, 2.24) is 9.21 Å². The van der Waals surface area contributed by atoms with Crippen LogP contribution in [0.25, 0.3) is 0 Å². The summed E-state index contributed by atoms with van der Waals surface area (Å²) < 4.78 is 26.2. The molecular weight excluding hydrogens is 262 g/mol. The molecular formula is C13H27N3O2S. The van der Waals surface area contributed by atoms with Crippen LogP contribution in [0.5, 0.6) is 0 Å². The van der Waals surface area contributed by atoms with E-state index in [1.807, 2.05) is 0 Å². The normalized spacial score (nSPS) is 25.2. The zero-order chi connectivity index (χ0) is 13.9. The summed E-state index contributed by atoms with van der Waals surface area (Å²) in [4.78, 5) is 2.43. The van der Waals surface area contributed by atoms with Gasteiger partial charge in [-0.15, -0.1) is 0 Å². The predicted octanol–water partition coefficient (Wildman–Crippen LogP) is 0.614. The molecule has 19 heavy (non-hydrogen) atoms. The van der Waals surface area contributed by atoms with Crippen molar-refractivity contribution in [1.29, 1.82) is 0 Å². The van der Waals surface area contributed by atoms with E-state index in [-0.39, 0.29) is 5.25 Å². The zero-order valence-corrected chi connectivity index (χ0v) is 12.7. The molecule has 6 heteroatoms. The van der Waals surface area contributed by atoms with Gasteiger partial charge in [-0.05, 0) is 45.2 Å². The van der Waals surface area contributed by atoms with E-state index in [0.29, 0.717) is 25.7 Å². The summed E-state index contributed by atoms with van der Waals surface area (Å²) >= 11 is 0. The highest BCUT2D eigenvalue weighted by Crippen LogP contribution is 2.31. The van der Waals surface area contributed by atoms with Gasteiger partial charge in [0, 0.05) is 25.7 Å². The lowest BCUT2D eigenvalue weighted by Crippen LogP contribution is -2.40. The average Bonchev–Trinajstić information content (AvgIpc) is 3.20. The lowest BCUT2D eigenvalue weighted by Gasteiger charge is -2.29. The minimum Gasteiger partial charge on any atom is -0.330 e. The van der Waals surface area contributed by atoms with E-state index in [4.69, 9.17) is 5.73 Å². The molecule has 1 aliphatic carbocycles. The van der Waals surface area contributed by atoms with Crippen molar-refractivity contribution in [2.24, 2.45) is 5.73 Å². The van der Waals surface area contributed by atoms with Gasteiger partial charge >= 0.3 is 0 Å². The summed E-state index contributed by atoms with van der Waals surface area (Å²) in [5.41, 5.74) is 5.66. The summed E-state index contributed by atoms with van der Waals surface area (Å²) in [7, 11) is -3.00. The van der Waals surface area contributed by atoms with Crippen LogP contribution in [0.15, 0.2) is 0 Å². The molecule has 2 N–H and O–H groups in total. The molecule has 1 saturated heterocycles. The van der Waals surface area contributed by atoms with Crippen LogP contribution in [-0.4, -0.2) is 61.6 Å². The second-order valence-corrected chi connectivity index (χ2v) is 7.89. The largest absolute Gasteiger partial charge is 0.330 e. The first-order chi connectivity index (χ1) is 9.09. The van der Waals surface area contributed by atoms with E-state index in [1.165, 1.54) is 0 Å². The molecule has 1 aliphatic heterocycles. The van der Waals surface area contributed by atoms with Gasteiger partial charge in [0.25, 0.3) is 0 Å². The Balaban J connectivity index is 1.94. The molecule has 1 unspecified atom stereocenters. The van der Waals surface area contributed by atoms with E-state index >= 15 is 0 Å². The van der Waals surface area contributed by atoms with Crippen LogP contribution in [-0.2, 0) is 10.0 Å². The monoisotopic (exact) mass is 289 g/mol. The van der Waals surface area contributed by atoms with Crippen molar-refractivity contribution >= 4 is 10.0 Å². The van der Waals surface area contributed by atoms with Crippen LogP contribution in [0.4, 0.5) is 0 Å². The zero-order valence-electron chi connectivity index (χ0n) is 11.9. The van der Waals surface area contributed by atoms with E-state index in [1.54, 1.807) is 4.31 Å². The van der Waals surface area contributed by atoms with Crippen LogP contribution in [0.1, 0.15) is 39.0 Å². The van der Waals surface area contributed by atoms with Gasteiger partial charge < -0.3 is 5.73 Å². The Bertz CT molecular complexity index is 381. The minimum atomic E-state index is -3.00. The molecule has 0 spiro atoms. The molecule has 2 aliphatic rings. The fourth-order valence-electron chi connectivity index (χ4n) is 2.95. The number of nitrogens with two attached hydrogens (primary N) is 1. The fraction of sp³-hybridized carbons (Fsp3) is 1.00. The lowest BCUT2D eigenvalue weighted by molar-refractivity contribution is 0.192. The molecule has 0 aromatic carbocycles. The number of rotatable bonds is 6. The molecule has 0 aromatic rings. The highest BCUT2D eigenvalue weighted by molar-refractivity contribution is 7.90. The number of nitrogens with zero attached hydrogens (tertiary/aromatic N) is 2. The van der Waals surface area contributed by atoms with Crippen LogP contribution in [0.3, 0.4) is 0 Å². The predicted molar refractivity (Wildman–Crippen MR) is 77.5 cm³/mol. The third kappa shape index (κ3) is 3.68. The molecule has 0 aromatic heterocycles. The topological polar surface area (TPSA) is 66.6 Å². The average molecular weight is 289 g/mol. The molecule has 1 saturated carbocycles. The van der Waals surface area contributed by atoms with E-state index in [9.17, 15) is 8.42 Å². The maximum atomic E-state index is 12.3. The number of sulfonamides is 1. The molecule has 0 radical (unpaired) electrons. The highest BCUT2D eigenvalue weighted by atomic mass is 32.2. The molecule has 112 valence electrons. The quantitative estimate of drug-likeness (QED) is 0.778. The Morgan fingerprint density at radius 1 is 1.21 bits per heavy atom. The summed E-state index contributed by atoms with van der Waals surface area (Å²) in [5.74, 6) is 0. The van der Waals surface area contributed by atoms with E-state index < -0.39 is 10.0 Å². The van der Waals surface area contributed by atoms with Gasteiger partial charge in [-0.3, -0.25) is 4.90 Å². The number of hydrogen-bond acceptors (Lipinski definition) is 4. The van der Waals surface area contributed by atoms with Crippen LogP contribution >= 0.6 is 0 Å². The summed E-state index contributed by atoms with van der Waals surface area (Å²) in [5, 5.41) is -0.0786. The van der Waals surface area contributed by atoms with Gasteiger partial charge in [0.1, 0.15) is 0 Å². The van der Waals surface area contributed by atoms with E-state index in [0.717, 1.165) is 45.2 Å². The van der Waals surface area contributed by atoms with Crippen molar-refractivity contribution in [2.75, 3.05) is 32.7 Å². The summed E-state index contributed by atoms with van der Waals surface area (Å²) in [6.07, 6.45) is 4.74. The fourth-order valence-corrected chi connectivity index (χ4v) is 4.82. The Morgan fingerprint density at radius 2 is 1.95 bits per heavy atom. The SMILES string of the molecule is CCC(CCN)N1CCCN(S(=O)(=O)C2CC2)CC1. The first kappa shape index (κ1) is 15.2. The second-order valence-electron chi connectivity index (χ2n) is 5.67. The van der Waals surface area contributed by atoms with Gasteiger partial charge in [-0.2, -0.15) is 0 Å². The Morgan fingerprint density at radius 3 is 2.53 bits per heavy atom. The van der Waals surface area contributed by atoms with Crippen molar-refractivity contribution < 1.29 is 8.42 Å². The Kier molecular flexibility index (Phi) is 5.22. The van der Waals surface area contributed by atoms with Crippen LogP contribution in [0, 0.1) is 0 Å². The van der Waals surface area contributed by atoms with Crippen molar-refractivity contribution in [3.8, 4) is 0 Å². The van der Waals surface area contributed by atoms with Crippen molar-refractivity contribution in [2.45, 2.75) is 50.3 Å². The van der Waals surface area contributed by atoms with Gasteiger partial charge in [-0.25, -0.2) is 12.7 Å². The maximum Gasteiger partial charge on any atom is 0.217 e. The lowest BCUT2D eigenvalue weighted by atomic mass is 10.1. The Labute approximate surface area is 117 Å². The van der Waals surface area contributed by atoms with Crippen LogP contribution in [0.2, 0.25) is 0 Å². The van der Waals surface area contributed by atoms with Crippen molar-refractivity contribution in [3.05, 3.63) is 0 Å². The third-order valence-corrected chi connectivity index (χ3v) is 6.68. The molecule has 0 amide bonds. The van der Waals surface area contributed by atoms with Crippen LogP contribution < -0.4 is 5.73 Å². The third-order valence-electron chi connectivity index (χ3n) is 4.28.